The third-order valence-corrected chi connectivity index (χ3v) is 4.70. The van der Waals surface area contributed by atoms with Gasteiger partial charge in [0.25, 0.3) is 5.92 Å². The summed E-state index contributed by atoms with van der Waals surface area (Å²) < 4.78 is 28.5. The van der Waals surface area contributed by atoms with Gasteiger partial charge in [0.05, 0.1) is 12.6 Å². The Morgan fingerprint density at radius 3 is 2.76 bits per heavy atom. The van der Waals surface area contributed by atoms with E-state index in [-0.39, 0.29) is 0 Å². The second-order valence-electron chi connectivity index (χ2n) is 6.61. The number of halogens is 2. The Morgan fingerprint density at radius 1 is 1.24 bits per heavy atom. The van der Waals surface area contributed by atoms with Crippen molar-refractivity contribution in [2.24, 2.45) is 0 Å². The molecule has 1 fully saturated rings. The molecule has 1 atom stereocenters. The molecular weight excluding hydrogens is 328 g/mol. The average molecular weight is 347 g/mol. The SMILES string of the molecule is O=C(Nc1ccc(-c2nnc3n2CCCC3)cc1)C1CC(F)(F)CN1. The molecule has 1 aromatic carbocycles. The summed E-state index contributed by atoms with van der Waals surface area (Å²) in [5.41, 5.74) is 1.49. The molecule has 0 radical (unpaired) electrons. The van der Waals surface area contributed by atoms with Gasteiger partial charge in [-0.3, -0.25) is 10.1 Å². The molecule has 3 heterocycles. The maximum Gasteiger partial charge on any atom is 0.262 e. The number of rotatable bonds is 3. The lowest BCUT2D eigenvalue weighted by Crippen LogP contribution is -2.35. The lowest BCUT2D eigenvalue weighted by atomic mass is 10.1. The van der Waals surface area contributed by atoms with Crippen LogP contribution >= 0.6 is 0 Å². The van der Waals surface area contributed by atoms with Crippen molar-refractivity contribution in [3.63, 3.8) is 0 Å². The van der Waals surface area contributed by atoms with Crippen molar-refractivity contribution in [3.8, 4) is 11.4 Å². The predicted octanol–water partition coefficient (Wildman–Crippen LogP) is 2.22. The first-order valence-corrected chi connectivity index (χ1v) is 8.46. The van der Waals surface area contributed by atoms with Gasteiger partial charge in [-0.05, 0) is 37.1 Å². The number of fused-ring (bicyclic) bond motifs is 1. The van der Waals surface area contributed by atoms with Gasteiger partial charge in [-0.25, -0.2) is 8.78 Å². The molecule has 25 heavy (non-hydrogen) atoms. The molecule has 1 aromatic heterocycles. The summed E-state index contributed by atoms with van der Waals surface area (Å²) in [5, 5.41) is 13.7. The van der Waals surface area contributed by atoms with Crippen molar-refractivity contribution >= 4 is 11.6 Å². The van der Waals surface area contributed by atoms with Gasteiger partial charge in [0.2, 0.25) is 5.91 Å². The van der Waals surface area contributed by atoms with Crippen LogP contribution < -0.4 is 10.6 Å². The van der Waals surface area contributed by atoms with Crippen LogP contribution in [0.5, 0.6) is 0 Å². The highest BCUT2D eigenvalue weighted by atomic mass is 19.3. The second kappa shape index (κ2) is 6.18. The molecular formula is C17H19F2N5O. The Kier molecular flexibility index (Phi) is 3.99. The van der Waals surface area contributed by atoms with E-state index in [1.807, 2.05) is 12.1 Å². The molecule has 2 N–H and O–H groups in total. The second-order valence-corrected chi connectivity index (χ2v) is 6.61. The van der Waals surface area contributed by atoms with Crippen LogP contribution in [0.3, 0.4) is 0 Å². The number of benzene rings is 1. The lowest BCUT2D eigenvalue weighted by Gasteiger charge is -2.15. The van der Waals surface area contributed by atoms with Crippen molar-refractivity contribution < 1.29 is 13.6 Å². The van der Waals surface area contributed by atoms with Crippen molar-refractivity contribution in [1.82, 2.24) is 20.1 Å². The van der Waals surface area contributed by atoms with E-state index in [1.54, 1.807) is 12.1 Å². The number of nitrogens with one attached hydrogen (secondary N) is 2. The van der Waals surface area contributed by atoms with E-state index < -0.39 is 30.8 Å². The fourth-order valence-electron chi connectivity index (χ4n) is 3.35. The van der Waals surface area contributed by atoms with Crippen molar-refractivity contribution in [2.75, 3.05) is 11.9 Å². The maximum absolute atomic E-state index is 13.2. The molecule has 0 saturated carbocycles. The number of carbonyl (C=O) groups excluding carboxylic acids is 1. The highest BCUT2D eigenvalue weighted by Gasteiger charge is 2.42. The average Bonchev–Trinajstić information content (AvgIpc) is 3.19. The van der Waals surface area contributed by atoms with E-state index >= 15 is 0 Å². The largest absolute Gasteiger partial charge is 0.325 e. The van der Waals surface area contributed by atoms with Gasteiger partial charge in [-0.2, -0.15) is 0 Å². The summed E-state index contributed by atoms with van der Waals surface area (Å²) >= 11 is 0. The minimum atomic E-state index is -2.82. The number of nitrogens with zero attached hydrogens (tertiary/aromatic N) is 3. The molecule has 1 amide bonds. The zero-order valence-corrected chi connectivity index (χ0v) is 13.6. The first-order chi connectivity index (χ1) is 12.0. The first kappa shape index (κ1) is 16.1. The molecule has 8 heteroatoms. The minimum Gasteiger partial charge on any atom is -0.325 e. The van der Waals surface area contributed by atoms with Crippen LogP contribution in [-0.4, -0.2) is 39.2 Å². The van der Waals surface area contributed by atoms with Gasteiger partial charge in [0, 0.05) is 30.6 Å². The highest BCUT2D eigenvalue weighted by molar-refractivity contribution is 5.95. The number of alkyl halides is 2. The summed E-state index contributed by atoms with van der Waals surface area (Å²) in [6.45, 7) is 0.458. The summed E-state index contributed by atoms with van der Waals surface area (Å²) in [7, 11) is 0. The van der Waals surface area contributed by atoms with Crippen LogP contribution in [0.15, 0.2) is 24.3 Å². The van der Waals surface area contributed by atoms with Gasteiger partial charge in [-0.15, -0.1) is 10.2 Å². The number of aryl methyl sites for hydroxylation is 1. The Morgan fingerprint density at radius 2 is 2.04 bits per heavy atom. The van der Waals surface area contributed by atoms with Crippen LogP contribution in [0.1, 0.15) is 25.1 Å². The predicted molar refractivity (Wildman–Crippen MR) is 88.4 cm³/mol. The Labute approximate surface area is 143 Å². The van der Waals surface area contributed by atoms with Crippen LogP contribution in [0.4, 0.5) is 14.5 Å². The maximum atomic E-state index is 13.2. The standard InChI is InChI=1S/C17H19F2N5O/c18-17(19)9-13(20-10-17)16(25)21-12-6-4-11(5-7-12)15-23-22-14-3-1-2-8-24(14)15/h4-7,13,20H,1-3,8-10H2,(H,21,25). The van der Waals surface area contributed by atoms with Crippen molar-refractivity contribution in [3.05, 3.63) is 30.1 Å². The molecule has 1 unspecified atom stereocenters. The number of amides is 1. The Hall–Kier alpha value is -2.35. The number of anilines is 1. The zero-order valence-electron chi connectivity index (χ0n) is 13.6. The van der Waals surface area contributed by atoms with E-state index in [1.165, 1.54) is 0 Å². The van der Waals surface area contributed by atoms with Gasteiger partial charge in [0.15, 0.2) is 5.82 Å². The lowest BCUT2D eigenvalue weighted by molar-refractivity contribution is -0.118. The highest BCUT2D eigenvalue weighted by Crippen LogP contribution is 2.27. The molecule has 1 saturated heterocycles. The van der Waals surface area contributed by atoms with E-state index in [0.29, 0.717) is 5.69 Å². The third kappa shape index (κ3) is 3.26. The number of aromatic nitrogens is 3. The molecule has 2 aliphatic heterocycles. The monoisotopic (exact) mass is 347 g/mol. The van der Waals surface area contributed by atoms with Gasteiger partial charge in [0.1, 0.15) is 5.82 Å². The molecule has 6 nitrogen and oxygen atoms in total. The van der Waals surface area contributed by atoms with Crippen LogP contribution in [-0.2, 0) is 17.8 Å². The normalized spacial score (nSPS) is 21.8. The molecule has 0 spiro atoms. The minimum absolute atomic E-state index is 0.440. The van der Waals surface area contributed by atoms with E-state index in [0.717, 1.165) is 43.0 Å². The van der Waals surface area contributed by atoms with E-state index in [4.69, 9.17) is 0 Å². The third-order valence-electron chi connectivity index (χ3n) is 4.70. The van der Waals surface area contributed by atoms with Crippen LogP contribution in [0.25, 0.3) is 11.4 Å². The fraction of sp³-hybridized carbons (Fsp3) is 0.471. The summed E-state index contributed by atoms with van der Waals surface area (Å²) in [6, 6.07) is 6.37. The van der Waals surface area contributed by atoms with Crippen LogP contribution in [0, 0.1) is 0 Å². The summed E-state index contributed by atoms with van der Waals surface area (Å²) in [4.78, 5) is 12.1. The first-order valence-electron chi connectivity index (χ1n) is 8.46. The molecule has 2 aliphatic rings. The smallest absolute Gasteiger partial charge is 0.262 e. The summed E-state index contributed by atoms with van der Waals surface area (Å²) in [5.74, 6) is -1.43. The van der Waals surface area contributed by atoms with E-state index in [9.17, 15) is 13.6 Å². The summed E-state index contributed by atoms with van der Waals surface area (Å²) in [6.07, 6.45) is 2.73. The number of hydrogen-bond acceptors (Lipinski definition) is 4. The van der Waals surface area contributed by atoms with Gasteiger partial charge < -0.3 is 9.88 Å². The number of hydrogen-bond donors (Lipinski definition) is 2. The Bertz CT molecular complexity index is 787. The topological polar surface area (TPSA) is 71.8 Å². The fourth-order valence-corrected chi connectivity index (χ4v) is 3.35. The molecule has 4 rings (SSSR count). The van der Waals surface area contributed by atoms with Crippen molar-refractivity contribution in [2.45, 2.75) is 44.2 Å². The molecule has 132 valence electrons. The van der Waals surface area contributed by atoms with E-state index in [2.05, 4.69) is 25.4 Å². The quantitative estimate of drug-likeness (QED) is 0.893. The van der Waals surface area contributed by atoms with Gasteiger partial charge >= 0.3 is 0 Å². The number of carbonyl (C=O) groups is 1. The molecule has 0 aliphatic carbocycles. The molecule has 2 aromatic rings. The van der Waals surface area contributed by atoms with Gasteiger partial charge in [-0.1, -0.05) is 0 Å². The zero-order chi connectivity index (χ0) is 17.4. The Balaban J connectivity index is 1.46. The van der Waals surface area contributed by atoms with Crippen LogP contribution in [0.2, 0.25) is 0 Å². The van der Waals surface area contributed by atoms with Crippen molar-refractivity contribution in [1.29, 1.82) is 0 Å². The molecule has 0 bridgehead atoms.